The maximum Gasteiger partial charge on any atom is 0.329 e. The summed E-state index contributed by atoms with van der Waals surface area (Å²) in [4.78, 5) is 24.8. The molecule has 31 heavy (non-hydrogen) atoms. The van der Waals surface area contributed by atoms with E-state index in [0.717, 1.165) is 16.7 Å². The summed E-state index contributed by atoms with van der Waals surface area (Å²) in [6.07, 6.45) is 0. The fraction of sp³-hybridized carbons (Fsp3) is 0.231. The number of carbonyl (C=O) groups is 2. The van der Waals surface area contributed by atoms with Crippen LogP contribution in [-0.4, -0.2) is 24.5 Å². The minimum absolute atomic E-state index is 0.117. The van der Waals surface area contributed by atoms with Gasteiger partial charge in [0.15, 0.2) is 6.61 Å². The van der Waals surface area contributed by atoms with E-state index in [1.165, 1.54) is 0 Å². The number of nitrogens with one attached hydrogen (secondary N) is 1. The highest BCUT2D eigenvalue weighted by Crippen LogP contribution is 2.19. The Hall–Kier alpha value is -3.60. The lowest BCUT2D eigenvalue weighted by atomic mass is 10.0. The molecule has 5 nitrogen and oxygen atoms in total. The maximum absolute atomic E-state index is 12.6. The summed E-state index contributed by atoms with van der Waals surface area (Å²) in [5.74, 6) is -0.351. The van der Waals surface area contributed by atoms with Crippen molar-refractivity contribution >= 4 is 11.9 Å². The Morgan fingerprint density at radius 3 is 2.00 bits per heavy atom. The van der Waals surface area contributed by atoms with Crippen molar-refractivity contribution in [2.75, 3.05) is 6.61 Å². The van der Waals surface area contributed by atoms with Gasteiger partial charge in [-0.05, 0) is 34.7 Å². The molecular formula is C26H27NO4. The van der Waals surface area contributed by atoms with Gasteiger partial charge in [-0.15, -0.1) is 0 Å². The molecule has 5 heteroatoms. The Balaban J connectivity index is 1.51. The Labute approximate surface area is 183 Å². The molecule has 1 atom stereocenters. The van der Waals surface area contributed by atoms with Crippen molar-refractivity contribution < 1.29 is 19.1 Å². The van der Waals surface area contributed by atoms with Gasteiger partial charge in [0.2, 0.25) is 0 Å². The number of para-hydroxylation sites is 1. The summed E-state index contributed by atoms with van der Waals surface area (Å²) in [7, 11) is 0. The first-order valence-electron chi connectivity index (χ1n) is 10.3. The summed E-state index contributed by atoms with van der Waals surface area (Å²) < 4.78 is 10.9. The highest BCUT2D eigenvalue weighted by atomic mass is 16.5. The van der Waals surface area contributed by atoms with E-state index in [1.54, 1.807) is 12.1 Å². The van der Waals surface area contributed by atoms with Gasteiger partial charge in [-0.1, -0.05) is 86.6 Å². The van der Waals surface area contributed by atoms with Crippen molar-refractivity contribution in [3.05, 3.63) is 90.5 Å². The SMILES string of the molecule is CC(C)[C@H](NC(=O)COc1ccccc1)C(=O)OCc1ccc(-c2ccccc2)cc1. The van der Waals surface area contributed by atoms with Gasteiger partial charge in [-0.2, -0.15) is 0 Å². The van der Waals surface area contributed by atoms with E-state index in [1.807, 2.05) is 86.6 Å². The van der Waals surface area contributed by atoms with Gasteiger partial charge in [-0.3, -0.25) is 4.79 Å². The van der Waals surface area contributed by atoms with Crippen molar-refractivity contribution in [3.8, 4) is 16.9 Å². The summed E-state index contributed by atoms with van der Waals surface area (Å²) in [5, 5.41) is 2.71. The lowest BCUT2D eigenvalue weighted by Gasteiger charge is -2.21. The van der Waals surface area contributed by atoms with Crippen LogP contribution >= 0.6 is 0 Å². The first kappa shape index (κ1) is 22.1. The van der Waals surface area contributed by atoms with Gasteiger partial charge < -0.3 is 14.8 Å². The highest BCUT2D eigenvalue weighted by molar-refractivity contribution is 5.85. The fourth-order valence-corrected chi connectivity index (χ4v) is 3.05. The second kappa shape index (κ2) is 11.0. The Morgan fingerprint density at radius 1 is 0.806 bits per heavy atom. The van der Waals surface area contributed by atoms with Gasteiger partial charge in [0, 0.05) is 0 Å². The molecular weight excluding hydrogens is 390 g/mol. The lowest BCUT2D eigenvalue weighted by Crippen LogP contribution is -2.46. The number of hydrogen-bond donors (Lipinski definition) is 1. The second-order valence-corrected chi connectivity index (χ2v) is 7.56. The van der Waals surface area contributed by atoms with Crippen LogP contribution in [0.5, 0.6) is 5.75 Å². The summed E-state index contributed by atoms with van der Waals surface area (Å²) in [5.41, 5.74) is 3.11. The fourth-order valence-electron chi connectivity index (χ4n) is 3.05. The van der Waals surface area contributed by atoms with Crippen LogP contribution in [0.4, 0.5) is 0 Å². The van der Waals surface area contributed by atoms with Crippen LogP contribution in [0.25, 0.3) is 11.1 Å². The number of amides is 1. The van der Waals surface area contributed by atoms with Gasteiger partial charge in [0.05, 0.1) is 0 Å². The molecule has 1 amide bonds. The molecule has 0 heterocycles. The number of ether oxygens (including phenoxy) is 2. The molecule has 0 fully saturated rings. The third kappa shape index (κ3) is 6.71. The van der Waals surface area contributed by atoms with E-state index in [9.17, 15) is 9.59 Å². The molecule has 3 aromatic carbocycles. The van der Waals surface area contributed by atoms with Crippen molar-refractivity contribution in [1.29, 1.82) is 0 Å². The smallest absolute Gasteiger partial charge is 0.329 e. The molecule has 0 aliphatic carbocycles. The monoisotopic (exact) mass is 417 g/mol. The predicted molar refractivity (Wildman–Crippen MR) is 120 cm³/mol. The van der Waals surface area contributed by atoms with E-state index < -0.39 is 12.0 Å². The molecule has 3 rings (SSSR count). The first-order valence-corrected chi connectivity index (χ1v) is 10.3. The molecule has 1 N–H and O–H groups in total. The topological polar surface area (TPSA) is 64.6 Å². The first-order chi connectivity index (χ1) is 15.0. The standard InChI is InChI=1S/C26H27NO4/c1-19(2)25(27-24(28)18-30-23-11-7-4-8-12-23)26(29)31-17-20-13-15-22(16-14-20)21-9-5-3-6-10-21/h3-16,19,25H,17-18H2,1-2H3,(H,27,28)/t25-/m0/s1. The average molecular weight is 418 g/mol. The number of esters is 1. The van der Waals surface area contributed by atoms with Crippen molar-refractivity contribution in [2.24, 2.45) is 5.92 Å². The van der Waals surface area contributed by atoms with Crippen molar-refractivity contribution in [1.82, 2.24) is 5.32 Å². The zero-order valence-corrected chi connectivity index (χ0v) is 17.8. The highest BCUT2D eigenvalue weighted by Gasteiger charge is 2.26. The molecule has 0 aliphatic rings. The molecule has 0 saturated carbocycles. The predicted octanol–water partition coefficient (Wildman–Crippen LogP) is 4.62. The van der Waals surface area contributed by atoms with Crippen molar-refractivity contribution in [3.63, 3.8) is 0 Å². The Morgan fingerprint density at radius 2 is 1.39 bits per heavy atom. The minimum Gasteiger partial charge on any atom is -0.484 e. The zero-order chi connectivity index (χ0) is 22.1. The molecule has 0 aromatic heterocycles. The summed E-state index contributed by atoms with van der Waals surface area (Å²) >= 11 is 0. The number of hydrogen-bond acceptors (Lipinski definition) is 4. The zero-order valence-electron chi connectivity index (χ0n) is 17.8. The lowest BCUT2D eigenvalue weighted by molar-refractivity contribution is -0.150. The van der Waals surface area contributed by atoms with Gasteiger partial charge in [-0.25, -0.2) is 4.79 Å². The van der Waals surface area contributed by atoms with E-state index in [4.69, 9.17) is 9.47 Å². The van der Waals surface area contributed by atoms with E-state index in [2.05, 4.69) is 5.32 Å². The third-order valence-corrected chi connectivity index (χ3v) is 4.79. The van der Waals surface area contributed by atoms with Gasteiger partial charge >= 0.3 is 5.97 Å². The molecule has 0 bridgehead atoms. The van der Waals surface area contributed by atoms with Crippen LogP contribution < -0.4 is 10.1 Å². The summed E-state index contributed by atoms with van der Waals surface area (Å²) in [6, 6.07) is 26.3. The largest absolute Gasteiger partial charge is 0.484 e. The van der Waals surface area contributed by atoms with E-state index in [0.29, 0.717) is 5.75 Å². The third-order valence-electron chi connectivity index (χ3n) is 4.79. The minimum atomic E-state index is -0.740. The molecule has 0 unspecified atom stereocenters. The molecule has 0 saturated heterocycles. The van der Waals surface area contributed by atoms with Crippen LogP contribution in [0.2, 0.25) is 0 Å². The molecule has 3 aromatic rings. The normalized spacial score (nSPS) is 11.6. The number of rotatable bonds is 9. The van der Waals surface area contributed by atoms with Gasteiger partial charge in [0.25, 0.3) is 5.91 Å². The van der Waals surface area contributed by atoms with Crippen LogP contribution in [0.1, 0.15) is 19.4 Å². The van der Waals surface area contributed by atoms with E-state index >= 15 is 0 Å². The second-order valence-electron chi connectivity index (χ2n) is 7.56. The maximum atomic E-state index is 12.6. The molecule has 0 radical (unpaired) electrons. The number of carbonyl (C=O) groups excluding carboxylic acids is 2. The van der Waals surface area contributed by atoms with Gasteiger partial charge in [0.1, 0.15) is 18.4 Å². The van der Waals surface area contributed by atoms with E-state index in [-0.39, 0.29) is 25.0 Å². The molecule has 160 valence electrons. The number of benzene rings is 3. The van der Waals surface area contributed by atoms with Crippen LogP contribution in [-0.2, 0) is 20.9 Å². The van der Waals surface area contributed by atoms with Crippen molar-refractivity contribution in [2.45, 2.75) is 26.5 Å². The Bertz CT molecular complexity index is 969. The van der Waals surface area contributed by atoms with Crippen LogP contribution in [0.15, 0.2) is 84.9 Å². The van der Waals surface area contributed by atoms with Crippen LogP contribution in [0, 0.1) is 5.92 Å². The average Bonchev–Trinajstić information content (AvgIpc) is 2.81. The Kier molecular flexibility index (Phi) is 7.82. The molecule has 0 aliphatic heterocycles. The quantitative estimate of drug-likeness (QED) is 0.516. The molecule has 0 spiro atoms. The summed E-state index contributed by atoms with van der Waals surface area (Å²) in [6.45, 7) is 3.70. The van der Waals surface area contributed by atoms with Crippen LogP contribution in [0.3, 0.4) is 0 Å².